The predicted octanol–water partition coefficient (Wildman–Crippen LogP) is 6.24. The lowest BCUT2D eigenvalue weighted by atomic mass is 9.77. The quantitative estimate of drug-likeness (QED) is 0.512. The SMILES string of the molecule is CC1(C)C2=C(NC(c3ccccc3)N=C2c2ccc(Br)cc2)c2ccccc21. The van der Waals surface area contributed by atoms with Crippen LogP contribution in [0, 0.1) is 0 Å². The highest BCUT2D eigenvalue weighted by atomic mass is 79.9. The first-order valence-corrected chi connectivity index (χ1v) is 10.4. The molecule has 0 amide bonds. The fraction of sp³-hybridized carbons (Fsp3) is 0.160. The molecule has 0 bridgehead atoms. The molecular formula is C25H21BrN2. The average molecular weight is 429 g/mol. The van der Waals surface area contributed by atoms with E-state index in [-0.39, 0.29) is 11.6 Å². The summed E-state index contributed by atoms with van der Waals surface area (Å²) in [4.78, 5) is 5.21. The van der Waals surface area contributed by atoms with E-state index >= 15 is 0 Å². The number of rotatable bonds is 2. The summed E-state index contributed by atoms with van der Waals surface area (Å²) in [7, 11) is 0. The van der Waals surface area contributed by atoms with E-state index in [0.717, 1.165) is 15.7 Å². The van der Waals surface area contributed by atoms with Crippen molar-refractivity contribution in [3.8, 4) is 0 Å². The molecular weight excluding hydrogens is 408 g/mol. The molecule has 1 N–H and O–H groups in total. The minimum atomic E-state index is -0.105. The Morgan fingerprint density at radius 1 is 0.857 bits per heavy atom. The molecule has 1 heterocycles. The smallest absolute Gasteiger partial charge is 0.145 e. The predicted molar refractivity (Wildman–Crippen MR) is 119 cm³/mol. The minimum Gasteiger partial charge on any atom is -0.359 e. The molecule has 2 nitrogen and oxygen atoms in total. The third-order valence-electron chi connectivity index (χ3n) is 5.75. The van der Waals surface area contributed by atoms with E-state index in [1.165, 1.54) is 28.0 Å². The van der Waals surface area contributed by atoms with Gasteiger partial charge in [-0.15, -0.1) is 0 Å². The van der Waals surface area contributed by atoms with Gasteiger partial charge in [0.05, 0.1) is 5.71 Å². The molecule has 2 aliphatic rings. The molecule has 5 rings (SSSR count). The highest BCUT2D eigenvalue weighted by Crippen LogP contribution is 2.49. The molecule has 0 fully saturated rings. The highest BCUT2D eigenvalue weighted by Gasteiger charge is 2.43. The number of hydrogen-bond donors (Lipinski definition) is 1. The van der Waals surface area contributed by atoms with Gasteiger partial charge in [0.2, 0.25) is 0 Å². The van der Waals surface area contributed by atoms with Crippen molar-refractivity contribution >= 4 is 27.3 Å². The maximum atomic E-state index is 5.21. The van der Waals surface area contributed by atoms with Crippen LogP contribution in [0.3, 0.4) is 0 Å². The van der Waals surface area contributed by atoms with Crippen molar-refractivity contribution in [2.45, 2.75) is 25.4 Å². The van der Waals surface area contributed by atoms with Gasteiger partial charge in [-0.05, 0) is 23.3 Å². The zero-order chi connectivity index (χ0) is 19.3. The maximum absolute atomic E-state index is 5.21. The summed E-state index contributed by atoms with van der Waals surface area (Å²) in [6.45, 7) is 4.60. The van der Waals surface area contributed by atoms with Crippen LogP contribution in [0.15, 0.2) is 93.9 Å². The van der Waals surface area contributed by atoms with Crippen molar-refractivity contribution in [1.82, 2.24) is 5.32 Å². The lowest BCUT2D eigenvalue weighted by Crippen LogP contribution is -2.31. The van der Waals surface area contributed by atoms with E-state index in [9.17, 15) is 0 Å². The molecule has 138 valence electrons. The van der Waals surface area contributed by atoms with E-state index in [4.69, 9.17) is 4.99 Å². The summed E-state index contributed by atoms with van der Waals surface area (Å²) in [5.41, 5.74) is 8.43. The van der Waals surface area contributed by atoms with Crippen LogP contribution >= 0.6 is 15.9 Å². The zero-order valence-corrected chi connectivity index (χ0v) is 17.5. The van der Waals surface area contributed by atoms with Crippen LogP contribution < -0.4 is 5.32 Å². The molecule has 3 heteroatoms. The number of benzene rings is 3. The maximum Gasteiger partial charge on any atom is 0.145 e. The van der Waals surface area contributed by atoms with Crippen LogP contribution in [0.2, 0.25) is 0 Å². The van der Waals surface area contributed by atoms with E-state index in [2.05, 4.69) is 108 Å². The van der Waals surface area contributed by atoms with Crippen LogP contribution in [0.1, 0.15) is 42.3 Å². The zero-order valence-electron chi connectivity index (χ0n) is 15.9. The second kappa shape index (κ2) is 6.46. The van der Waals surface area contributed by atoms with Gasteiger partial charge < -0.3 is 5.32 Å². The second-order valence-electron chi connectivity index (χ2n) is 7.86. The van der Waals surface area contributed by atoms with Gasteiger partial charge in [-0.1, -0.05) is 96.5 Å². The molecule has 1 unspecified atom stereocenters. The Hall–Kier alpha value is -2.65. The molecule has 3 aromatic rings. The summed E-state index contributed by atoms with van der Waals surface area (Å²) in [6, 6.07) is 27.7. The third-order valence-corrected chi connectivity index (χ3v) is 6.28. The molecule has 0 saturated heterocycles. The van der Waals surface area contributed by atoms with Gasteiger partial charge in [0, 0.05) is 32.3 Å². The fourth-order valence-corrected chi connectivity index (χ4v) is 4.64. The topological polar surface area (TPSA) is 24.4 Å². The molecule has 0 aromatic heterocycles. The van der Waals surface area contributed by atoms with Gasteiger partial charge in [-0.3, -0.25) is 4.99 Å². The minimum absolute atomic E-state index is 0.0967. The number of allylic oxidation sites excluding steroid dienone is 1. The van der Waals surface area contributed by atoms with Gasteiger partial charge >= 0.3 is 0 Å². The molecule has 0 radical (unpaired) electrons. The number of hydrogen-bond acceptors (Lipinski definition) is 2. The normalized spacial score (nSPS) is 19.5. The van der Waals surface area contributed by atoms with Crippen LogP contribution in [-0.2, 0) is 5.41 Å². The second-order valence-corrected chi connectivity index (χ2v) is 8.78. The summed E-state index contributed by atoms with van der Waals surface area (Å²) < 4.78 is 1.08. The molecule has 3 aromatic carbocycles. The number of halogens is 1. The Kier molecular flexibility index (Phi) is 4.02. The van der Waals surface area contributed by atoms with Gasteiger partial charge in [-0.25, -0.2) is 0 Å². The number of nitrogens with zero attached hydrogens (tertiary/aromatic N) is 1. The summed E-state index contributed by atoms with van der Waals surface area (Å²) >= 11 is 3.56. The lowest BCUT2D eigenvalue weighted by molar-refractivity contribution is 0.628. The van der Waals surface area contributed by atoms with Gasteiger partial charge in [-0.2, -0.15) is 0 Å². The van der Waals surface area contributed by atoms with E-state index < -0.39 is 0 Å². The first-order valence-electron chi connectivity index (χ1n) is 9.56. The Morgan fingerprint density at radius 3 is 2.29 bits per heavy atom. The van der Waals surface area contributed by atoms with Crippen molar-refractivity contribution in [2.24, 2.45) is 4.99 Å². The number of nitrogens with one attached hydrogen (secondary N) is 1. The molecule has 1 aliphatic heterocycles. The largest absolute Gasteiger partial charge is 0.359 e. The lowest BCUT2D eigenvalue weighted by Gasteiger charge is -2.31. The van der Waals surface area contributed by atoms with Gasteiger partial charge in [0.1, 0.15) is 6.17 Å². The van der Waals surface area contributed by atoms with Crippen LogP contribution in [0.25, 0.3) is 5.70 Å². The van der Waals surface area contributed by atoms with Gasteiger partial charge in [0.25, 0.3) is 0 Å². The van der Waals surface area contributed by atoms with Crippen molar-refractivity contribution in [3.05, 3.63) is 111 Å². The third kappa shape index (κ3) is 2.65. The standard InChI is InChI=1S/C25H21BrN2/c1-25(2)20-11-7-6-10-19(20)23-21(25)22(16-12-14-18(26)15-13-16)27-24(28-23)17-8-4-3-5-9-17/h3-15,24,28H,1-2H3. The van der Waals surface area contributed by atoms with Crippen molar-refractivity contribution < 1.29 is 0 Å². The monoisotopic (exact) mass is 428 g/mol. The van der Waals surface area contributed by atoms with Crippen LogP contribution in [-0.4, -0.2) is 5.71 Å². The van der Waals surface area contributed by atoms with Crippen molar-refractivity contribution in [1.29, 1.82) is 0 Å². The molecule has 0 spiro atoms. The molecule has 1 atom stereocenters. The van der Waals surface area contributed by atoms with E-state index in [0.29, 0.717) is 0 Å². The van der Waals surface area contributed by atoms with Gasteiger partial charge in [0.15, 0.2) is 0 Å². The molecule has 28 heavy (non-hydrogen) atoms. The highest BCUT2D eigenvalue weighted by molar-refractivity contribution is 9.10. The van der Waals surface area contributed by atoms with Crippen molar-refractivity contribution in [2.75, 3.05) is 0 Å². The van der Waals surface area contributed by atoms with Crippen LogP contribution in [0.4, 0.5) is 0 Å². The van der Waals surface area contributed by atoms with Crippen molar-refractivity contribution in [3.63, 3.8) is 0 Å². The Labute approximate surface area is 174 Å². The Balaban J connectivity index is 1.73. The first kappa shape index (κ1) is 17.4. The first-order chi connectivity index (χ1) is 13.6. The van der Waals surface area contributed by atoms with E-state index in [1.54, 1.807) is 0 Å². The average Bonchev–Trinajstić information content (AvgIpc) is 2.96. The summed E-state index contributed by atoms with van der Waals surface area (Å²) in [5, 5.41) is 3.74. The van der Waals surface area contributed by atoms with Crippen LogP contribution in [0.5, 0.6) is 0 Å². The molecule has 1 aliphatic carbocycles. The Morgan fingerprint density at radius 2 is 1.54 bits per heavy atom. The summed E-state index contributed by atoms with van der Waals surface area (Å²) in [5.74, 6) is 0. The number of fused-ring (bicyclic) bond motifs is 2. The summed E-state index contributed by atoms with van der Waals surface area (Å²) in [6.07, 6.45) is -0.0967. The van der Waals surface area contributed by atoms with E-state index in [1.807, 2.05) is 6.07 Å². The fourth-order valence-electron chi connectivity index (χ4n) is 4.37. The Bertz CT molecular complexity index is 1110. The molecule has 0 saturated carbocycles. The number of aliphatic imine (C=N–C) groups is 1.